The lowest BCUT2D eigenvalue weighted by Crippen LogP contribution is -2.22. The number of aliphatic hydroxyl groups excluding tert-OH is 2. The van der Waals surface area contributed by atoms with E-state index >= 15 is 0 Å². The molecule has 5 nitrogen and oxygen atoms in total. The lowest BCUT2D eigenvalue weighted by molar-refractivity contribution is -0.144. The van der Waals surface area contributed by atoms with E-state index in [1.165, 1.54) is 26.7 Å². The smallest absolute Gasteiger partial charge is 0.316 e. The number of Topliss-reactive ketones (excluding diaryl/α,β-unsaturated/α-hetero) is 1. The van der Waals surface area contributed by atoms with Crippen LogP contribution in [-0.4, -0.2) is 62.8 Å². The number of carbonyl (C=O) groups is 2. The van der Waals surface area contributed by atoms with Gasteiger partial charge in [-0.15, -0.1) is 23.1 Å². The van der Waals surface area contributed by atoms with E-state index in [1.54, 1.807) is 29.2 Å². The summed E-state index contributed by atoms with van der Waals surface area (Å²) in [5.74, 6) is 1.55. The molecule has 1 aromatic heterocycles. The molecule has 1 heterocycles. The number of thiophene rings is 1. The number of thioether (sulfide) groups is 2. The van der Waals surface area contributed by atoms with Crippen molar-refractivity contribution in [2.24, 2.45) is 5.92 Å². The Kier molecular flexibility index (Phi) is 11.0. The highest BCUT2D eigenvalue weighted by Gasteiger charge is 2.40. The molecule has 1 unspecified atom stereocenters. The summed E-state index contributed by atoms with van der Waals surface area (Å²) in [4.78, 5) is 25.2. The number of rotatable bonds is 13. The van der Waals surface area contributed by atoms with E-state index in [0.29, 0.717) is 12.2 Å². The first-order valence-corrected chi connectivity index (χ1v) is 14.8. The van der Waals surface area contributed by atoms with Crippen LogP contribution in [0.1, 0.15) is 38.0 Å². The van der Waals surface area contributed by atoms with Gasteiger partial charge in [0.25, 0.3) is 0 Å². The van der Waals surface area contributed by atoms with Crippen LogP contribution in [0.5, 0.6) is 0 Å². The fraction of sp³-hybridized carbons (Fsp3) is 0.538. The molecule has 0 radical (unpaired) electrons. The second-order valence-corrected chi connectivity index (χ2v) is 12.3. The zero-order valence-electron chi connectivity index (χ0n) is 19.7. The third-order valence-electron chi connectivity index (χ3n) is 5.56. The van der Waals surface area contributed by atoms with Crippen LogP contribution in [-0.2, 0) is 20.7 Å². The molecule has 1 saturated carbocycles. The minimum Gasteiger partial charge on any atom is -0.462 e. The molecular formula is C26H34O5S3. The Hall–Kier alpha value is -1.32. The van der Waals surface area contributed by atoms with Gasteiger partial charge >= 0.3 is 5.97 Å². The molecule has 34 heavy (non-hydrogen) atoms. The molecule has 3 rings (SSSR count). The van der Waals surface area contributed by atoms with Crippen molar-refractivity contribution in [2.75, 3.05) is 17.3 Å². The number of fused-ring (bicyclic) bond motifs is 1. The van der Waals surface area contributed by atoms with Crippen LogP contribution in [0.3, 0.4) is 0 Å². The topological polar surface area (TPSA) is 83.8 Å². The Balaban J connectivity index is 1.40. The van der Waals surface area contributed by atoms with Crippen molar-refractivity contribution in [2.45, 2.75) is 63.1 Å². The van der Waals surface area contributed by atoms with Crippen LogP contribution in [0.25, 0.3) is 10.1 Å². The van der Waals surface area contributed by atoms with Crippen molar-refractivity contribution >= 4 is 56.7 Å². The van der Waals surface area contributed by atoms with Crippen LogP contribution in [0.2, 0.25) is 0 Å². The van der Waals surface area contributed by atoms with Crippen molar-refractivity contribution < 1.29 is 24.5 Å². The zero-order chi connectivity index (χ0) is 24.5. The van der Waals surface area contributed by atoms with E-state index in [0.717, 1.165) is 24.3 Å². The minimum atomic E-state index is -0.698. The number of carbonyl (C=O) groups excluding carboxylic acids is 2. The predicted molar refractivity (Wildman–Crippen MR) is 144 cm³/mol. The maximum atomic E-state index is 12.4. The quantitative estimate of drug-likeness (QED) is 0.220. The maximum Gasteiger partial charge on any atom is 0.316 e. The normalized spacial score (nSPS) is 21.7. The summed E-state index contributed by atoms with van der Waals surface area (Å²) in [6.07, 6.45) is 4.60. The molecule has 1 aliphatic rings. The standard InChI is InChI=1S/C26H34O5S3/c1-17(2)31-25(30)16-32-12-5-13-33-26-21(22(28)15-23(26)29)11-9-19(27)8-10-20-14-18-6-3-4-7-24(18)34-20/h3-4,6-7,9,11,14,17,19,21-22,26-28H,5,8,10,12-13,15-16H2,1-2H3/b11-9+/t19?,21-,22+,26+/m0/s1. The van der Waals surface area contributed by atoms with E-state index in [2.05, 4.69) is 18.2 Å². The first-order valence-electron chi connectivity index (χ1n) is 11.8. The second kappa shape index (κ2) is 13.7. The van der Waals surface area contributed by atoms with Crippen LogP contribution in [0, 0.1) is 5.92 Å². The number of ketones is 1. The fourth-order valence-electron chi connectivity index (χ4n) is 3.93. The molecule has 0 aliphatic heterocycles. The Morgan fingerprint density at radius 1 is 1.29 bits per heavy atom. The van der Waals surface area contributed by atoms with Gasteiger partial charge in [-0.2, -0.15) is 11.8 Å². The van der Waals surface area contributed by atoms with Crippen molar-refractivity contribution in [1.29, 1.82) is 0 Å². The second-order valence-electron chi connectivity index (χ2n) is 8.79. The van der Waals surface area contributed by atoms with Crippen LogP contribution >= 0.6 is 34.9 Å². The molecule has 4 atom stereocenters. The van der Waals surface area contributed by atoms with Crippen LogP contribution in [0.4, 0.5) is 0 Å². The molecule has 186 valence electrons. The average molecular weight is 523 g/mol. The molecule has 0 amide bonds. The monoisotopic (exact) mass is 522 g/mol. The van der Waals surface area contributed by atoms with Gasteiger partial charge < -0.3 is 14.9 Å². The SMILES string of the molecule is CC(C)OC(=O)CSCCCS[C@H]1C(=O)C[C@@H](O)[C@@H]1/C=C/C(O)CCc1cc2ccccc2s1. The summed E-state index contributed by atoms with van der Waals surface area (Å²) in [5, 5.41) is 21.8. The van der Waals surface area contributed by atoms with E-state index in [4.69, 9.17) is 4.74 Å². The van der Waals surface area contributed by atoms with Crippen LogP contribution in [0.15, 0.2) is 42.5 Å². The Labute approximate surface area is 214 Å². The van der Waals surface area contributed by atoms with Crippen molar-refractivity contribution in [3.8, 4) is 0 Å². The minimum absolute atomic E-state index is 0.0695. The van der Waals surface area contributed by atoms with Gasteiger partial charge in [0.2, 0.25) is 0 Å². The lowest BCUT2D eigenvalue weighted by atomic mass is 10.0. The largest absolute Gasteiger partial charge is 0.462 e. The molecule has 0 spiro atoms. The molecule has 2 N–H and O–H groups in total. The summed E-state index contributed by atoms with van der Waals surface area (Å²) >= 11 is 4.86. The zero-order valence-corrected chi connectivity index (χ0v) is 22.2. The highest BCUT2D eigenvalue weighted by atomic mass is 32.2. The van der Waals surface area contributed by atoms with Crippen molar-refractivity contribution in [3.05, 3.63) is 47.4 Å². The van der Waals surface area contributed by atoms with Gasteiger partial charge in [0.05, 0.1) is 29.3 Å². The fourth-order valence-corrected chi connectivity index (χ4v) is 7.27. The first kappa shape index (κ1) is 27.3. The van der Waals surface area contributed by atoms with E-state index in [-0.39, 0.29) is 35.4 Å². The van der Waals surface area contributed by atoms with Crippen LogP contribution < -0.4 is 0 Å². The average Bonchev–Trinajstić information content (AvgIpc) is 3.32. The third kappa shape index (κ3) is 8.41. The maximum absolute atomic E-state index is 12.4. The van der Waals surface area contributed by atoms with E-state index < -0.39 is 12.2 Å². The number of aliphatic hydroxyl groups is 2. The predicted octanol–water partition coefficient (Wildman–Crippen LogP) is 4.88. The number of benzene rings is 1. The highest BCUT2D eigenvalue weighted by Crippen LogP contribution is 2.34. The first-order chi connectivity index (χ1) is 16.3. The summed E-state index contributed by atoms with van der Waals surface area (Å²) in [7, 11) is 0. The van der Waals surface area contributed by atoms with Gasteiger partial charge in [-0.25, -0.2) is 0 Å². The van der Waals surface area contributed by atoms with Gasteiger partial charge in [0.1, 0.15) is 5.78 Å². The molecule has 0 bridgehead atoms. The van der Waals surface area contributed by atoms with Gasteiger partial charge in [0, 0.05) is 21.9 Å². The van der Waals surface area contributed by atoms with Gasteiger partial charge in [0.15, 0.2) is 0 Å². The number of aryl methyl sites for hydroxylation is 1. The Bertz CT molecular complexity index is 937. The number of ether oxygens (including phenoxy) is 1. The van der Waals surface area contributed by atoms with E-state index in [9.17, 15) is 19.8 Å². The molecule has 1 aliphatic carbocycles. The van der Waals surface area contributed by atoms with Crippen molar-refractivity contribution in [1.82, 2.24) is 0 Å². The van der Waals surface area contributed by atoms with Gasteiger partial charge in [-0.3, -0.25) is 9.59 Å². The number of hydrogen-bond acceptors (Lipinski definition) is 8. The van der Waals surface area contributed by atoms with Gasteiger partial charge in [-0.1, -0.05) is 30.4 Å². The number of hydrogen-bond donors (Lipinski definition) is 2. The lowest BCUT2D eigenvalue weighted by Gasteiger charge is -2.17. The number of esters is 1. The summed E-state index contributed by atoms with van der Waals surface area (Å²) in [6.45, 7) is 3.67. The third-order valence-corrected chi connectivity index (χ3v) is 9.21. The summed E-state index contributed by atoms with van der Waals surface area (Å²) in [6, 6.07) is 10.4. The Morgan fingerprint density at radius 2 is 2.09 bits per heavy atom. The molecule has 2 aromatic rings. The highest BCUT2D eigenvalue weighted by molar-refractivity contribution is 8.01. The summed E-state index contributed by atoms with van der Waals surface area (Å²) in [5.41, 5.74) is 0. The van der Waals surface area contributed by atoms with E-state index in [1.807, 2.05) is 32.1 Å². The molecule has 8 heteroatoms. The molecule has 1 fully saturated rings. The Morgan fingerprint density at radius 3 is 2.85 bits per heavy atom. The summed E-state index contributed by atoms with van der Waals surface area (Å²) < 4.78 is 6.37. The molecule has 0 saturated heterocycles. The molecule has 1 aromatic carbocycles. The molecular weight excluding hydrogens is 488 g/mol. The van der Waals surface area contributed by atoms with Crippen molar-refractivity contribution in [3.63, 3.8) is 0 Å². The van der Waals surface area contributed by atoms with Gasteiger partial charge in [-0.05, 0) is 62.1 Å².